The Bertz CT molecular complexity index is 161. The van der Waals surface area contributed by atoms with Crippen molar-refractivity contribution >= 4 is 0 Å². The maximum absolute atomic E-state index is 5.63. The van der Waals surface area contributed by atoms with Crippen LogP contribution in [-0.4, -0.2) is 25.8 Å². The molecule has 1 aliphatic carbocycles. The summed E-state index contributed by atoms with van der Waals surface area (Å²) < 4.78 is 5.63. The number of hydrogen-bond donors (Lipinski definition) is 1. The monoisotopic (exact) mass is 153 g/mol. The molecule has 1 saturated heterocycles. The van der Waals surface area contributed by atoms with Crippen molar-refractivity contribution in [2.75, 3.05) is 19.7 Å². The average molecular weight is 153 g/mol. The van der Waals surface area contributed by atoms with Crippen LogP contribution in [0.2, 0.25) is 0 Å². The van der Waals surface area contributed by atoms with E-state index in [-0.39, 0.29) is 0 Å². The van der Waals surface area contributed by atoms with Crippen molar-refractivity contribution in [1.29, 1.82) is 0 Å². The summed E-state index contributed by atoms with van der Waals surface area (Å²) in [5.41, 5.74) is 1.51. The van der Waals surface area contributed by atoms with E-state index in [0.29, 0.717) is 6.10 Å². The van der Waals surface area contributed by atoms with E-state index in [0.717, 1.165) is 19.7 Å². The van der Waals surface area contributed by atoms with E-state index < -0.39 is 0 Å². The van der Waals surface area contributed by atoms with E-state index in [1.54, 1.807) is 0 Å². The maximum Gasteiger partial charge on any atom is 0.0827 e. The molecule has 0 aromatic rings. The lowest BCUT2D eigenvalue weighted by Crippen LogP contribution is -2.48. The molecule has 0 aromatic carbocycles. The summed E-state index contributed by atoms with van der Waals surface area (Å²) in [4.78, 5) is 0. The third kappa shape index (κ3) is 1.82. The lowest BCUT2D eigenvalue weighted by molar-refractivity contribution is 0.0320. The zero-order valence-electron chi connectivity index (χ0n) is 6.81. The number of nitrogens with one attached hydrogen (secondary N) is 1. The molecule has 2 aliphatic rings. The van der Waals surface area contributed by atoms with Gasteiger partial charge in [-0.15, -0.1) is 0 Å². The maximum atomic E-state index is 5.63. The molecular weight excluding hydrogens is 138 g/mol. The fraction of sp³-hybridized carbons (Fsp3) is 0.778. The van der Waals surface area contributed by atoms with Crippen molar-refractivity contribution in [1.82, 2.24) is 5.32 Å². The molecule has 1 aliphatic heterocycles. The molecule has 0 amide bonds. The van der Waals surface area contributed by atoms with E-state index >= 15 is 0 Å². The average Bonchev–Trinajstić information content (AvgIpc) is 2.36. The smallest absolute Gasteiger partial charge is 0.0827 e. The molecule has 0 radical (unpaired) electrons. The van der Waals surface area contributed by atoms with Crippen LogP contribution in [0.1, 0.15) is 19.3 Å². The Hall–Kier alpha value is -0.340. The Labute approximate surface area is 67.6 Å². The van der Waals surface area contributed by atoms with Gasteiger partial charge in [0.05, 0.1) is 12.7 Å². The first-order chi connectivity index (χ1) is 5.45. The van der Waals surface area contributed by atoms with Gasteiger partial charge in [0, 0.05) is 13.1 Å². The van der Waals surface area contributed by atoms with Crippen molar-refractivity contribution in [3.8, 4) is 0 Å². The second-order valence-electron chi connectivity index (χ2n) is 3.35. The van der Waals surface area contributed by atoms with Crippen LogP contribution < -0.4 is 5.32 Å². The van der Waals surface area contributed by atoms with Gasteiger partial charge >= 0.3 is 0 Å². The van der Waals surface area contributed by atoms with E-state index in [1.807, 2.05) is 0 Å². The zero-order chi connectivity index (χ0) is 7.52. The fourth-order valence-electron chi connectivity index (χ4n) is 1.47. The molecule has 1 heterocycles. The van der Waals surface area contributed by atoms with Crippen LogP contribution >= 0.6 is 0 Å². The minimum absolute atomic E-state index is 0.497. The number of rotatable bonds is 3. The summed E-state index contributed by atoms with van der Waals surface area (Å²) in [5, 5.41) is 3.19. The first-order valence-electron chi connectivity index (χ1n) is 4.45. The molecule has 2 heteroatoms. The molecule has 1 N–H and O–H groups in total. The second kappa shape index (κ2) is 3.37. The summed E-state index contributed by atoms with van der Waals surface area (Å²) in [5.74, 6) is 0. The van der Waals surface area contributed by atoms with Gasteiger partial charge in [0.1, 0.15) is 0 Å². The van der Waals surface area contributed by atoms with Gasteiger partial charge in [-0.3, -0.25) is 0 Å². The predicted octanol–water partition coefficient (Wildman–Crippen LogP) is 1.09. The van der Waals surface area contributed by atoms with Crippen molar-refractivity contribution < 1.29 is 4.74 Å². The van der Waals surface area contributed by atoms with Crippen molar-refractivity contribution in [2.45, 2.75) is 25.4 Å². The highest BCUT2D eigenvalue weighted by molar-refractivity contribution is 5.07. The third-order valence-electron chi connectivity index (χ3n) is 2.38. The topological polar surface area (TPSA) is 21.3 Å². The minimum atomic E-state index is 0.497. The predicted molar refractivity (Wildman–Crippen MR) is 44.5 cm³/mol. The lowest BCUT2D eigenvalue weighted by Gasteiger charge is -2.27. The van der Waals surface area contributed by atoms with Crippen LogP contribution in [0.4, 0.5) is 0 Å². The summed E-state index contributed by atoms with van der Waals surface area (Å²) in [7, 11) is 0. The Balaban J connectivity index is 1.65. The highest BCUT2D eigenvalue weighted by Crippen LogP contribution is 2.18. The molecule has 0 bridgehead atoms. The van der Waals surface area contributed by atoms with E-state index in [4.69, 9.17) is 4.74 Å². The molecule has 2 rings (SSSR count). The molecular formula is C9H15NO. The largest absolute Gasteiger partial charge is 0.371 e. The van der Waals surface area contributed by atoms with Gasteiger partial charge < -0.3 is 10.1 Å². The van der Waals surface area contributed by atoms with Crippen molar-refractivity contribution in [2.24, 2.45) is 0 Å². The first-order valence-corrected chi connectivity index (χ1v) is 4.45. The quantitative estimate of drug-likeness (QED) is 0.613. The van der Waals surface area contributed by atoms with Gasteiger partial charge in [-0.25, -0.2) is 0 Å². The van der Waals surface area contributed by atoms with Crippen LogP contribution in [-0.2, 0) is 4.74 Å². The molecule has 2 nitrogen and oxygen atoms in total. The molecule has 0 spiro atoms. The van der Waals surface area contributed by atoms with Crippen LogP contribution in [0.25, 0.3) is 0 Å². The van der Waals surface area contributed by atoms with Crippen molar-refractivity contribution in [3.63, 3.8) is 0 Å². The molecule has 62 valence electrons. The molecule has 0 aromatic heterocycles. The summed E-state index contributed by atoms with van der Waals surface area (Å²) in [6.07, 6.45) is 6.69. The summed E-state index contributed by atoms with van der Waals surface area (Å²) >= 11 is 0. The first kappa shape index (κ1) is 7.32. The second-order valence-corrected chi connectivity index (χ2v) is 3.35. The fourth-order valence-corrected chi connectivity index (χ4v) is 1.47. The Kier molecular flexibility index (Phi) is 2.24. The zero-order valence-corrected chi connectivity index (χ0v) is 6.81. The summed E-state index contributed by atoms with van der Waals surface area (Å²) in [6, 6.07) is 0. The van der Waals surface area contributed by atoms with Gasteiger partial charge in [-0.2, -0.15) is 0 Å². The number of ether oxygens (including phenoxy) is 1. The van der Waals surface area contributed by atoms with E-state index in [9.17, 15) is 0 Å². The SMILES string of the molecule is C1=C(COC2CNC2)CCC1. The molecule has 0 atom stereocenters. The Morgan fingerprint density at radius 2 is 2.45 bits per heavy atom. The standard InChI is InChI=1S/C9H15NO/c1-2-4-8(3-1)7-11-9-5-10-6-9/h3,9-10H,1-2,4-7H2. The van der Waals surface area contributed by atoms with Gasteiger partial charge in [-0.1, -0.05) is 6.08 Å². The van der Waals surface area contributed by atoms with Gasteiger partial charge in [-0.05, 0) is 24.8 Å². The van der Waals surface area contributed by atoms with Crippen LogP contribution in [0.15, 0.2) is 11.6 Å². The molecule has 1 fully saturated rings. The Morgan fingerprint density at radius 1 is 1.55 bits per heavy atom. The van der Waals surface area contributed by atoms with E-state index in [2.05, 4.69) is 11.4 Å². The Morgan fingerprint density at radius 3 is 3.00 bits per heavy atom. The molecule has 0 unspecified atom stereocenters. The normalized spacial score (nSPS) is 24.9. The van der Waals surface area contributed by atoms with Crippen molar-refractivity contribution in [3.05, 3.63) is 11.6 Å². The highest BCUT2D eigenvalue weighted by Gasteiger charge is 2.17. The van der Waals surface area contributed by atoms with Gasteiger partial charge in [0.2, 0.25) is 0 Å². The van der Waals surface area contributed by atoms with Crippen LogP contribution in [0, 0.1) is 0 Å². The molecule has 11 heavy (non-hydrogen) atoms. The van der Waals surface area contributed by atoms with Crippen LogP contribution in [0.3, 0.4) is 0 Å². The van der Waals surface area contributed by atoms with Gasteiger partial charge in [0.15, 0.2) is 0 Å². The third-order valence-corrected chi connectivity index (χ3v) is 2.38. The highest BCUT2D eigenvalue weighted by atomic mass is 16.5. The van der Waals surface area contributed by atoms with E-state index in [1.165, 1.54) is 24.8 Å². The van der Waals surface area contributed by atoms with Crippen LogP contribution in [0.5, 0.6) is 0 Å². The molecule has 0 saturated carbocycles. The lowest BCUT2D eigenvalue weighted by atomic mass is 10.2. The minimum Gasteiger partial charge on any atom is -0.371 e. The summed E-state index contributed by atoms with van der Waals surface area (Å²) in [6.45, 7) is 2.98. The van der Waals surface area contributed by atoms with Gasteiger partial charge in [0.25, 0.3) is 0 Å². The number of allylic oxidation sites excluding steroid dienone is 1. The number of hydrogen-bond acceptors (Lipinski definition) is 2.